The molecule has 5 fully saturated rings. The zero-order valence-corrected chi connectivity index (χ0v) is 27.4. The van der Waals surface area contributed by atoms with Crippen molar-refractivity contribution in [3.05, 3.63) is 23.8 Å². The van der Waals surface area contributed by atoms with Crippen LogP contribution >= 0.6 is 0 Å². The van der Waals surface area contributed by atoms with Crippen molar-refractivity contribution in [1.29, 1.82) is 0 Å². The van der Waals surface area contributed by atoms with E-state index in [0.29, 0.717) is 17.8 Å². The van der Waals surface area contributed by atoms with Crippen LogP contribution in [0, 0.1) is 45.3 Å². The molecule has 0 radical (unpaired) electrons. The topological polar surface area (TPSA) is 99.4 Å². The van der Waals surface area contributed by atoms with Gasteiger partial charge in [-0.3, -0.25) is 0 Å². The van der Waals surface area contributed by atoms with Gasteiger partial charge in [0.25, 0.3) is 0 Å². The van der Waals surface area contributed by atoms with E-state index < -0.39 is 24.6 Å². The number of hydrogen-bond donors (Lipinski definition) is 4. The number of aliphatic hydroxyl groups excluding tert-OH is 4. The normalized spacial score (nSPS) is 49.9. The lowest BCUT2D eigenvalue weighted by molar-refractivity contribution is -0.301. The van der Waals surface area contributed by atoms with Crippen LogP contribution in [0.25, 0.3) is 0 Å². The maximum atomic E-state index is 12.0. The molecule has 0 spiro atoms. The SMILES string of the molecule is C=C(CCC=C(C)C)C1CCC2(C)C1C(O)CC1C3(C)CCC(OC4CC(O)C(O)C(CO)O4)C(C)(C)C3CCC12C. The third-order valence-electron chi connectivity index (χ3n) is 13.9. The van der Waals surface area contributed by atoms with Crippen LogP contribution in [0.4, 0.5) is 0 Å². The molecular weight excluding hydrogens is 528 g/mol. The molecule has 42 heavy (non-hydrogen) atoms. The maximum absolute atomic E-state index is 12.0. The molecule has 5 rings (SSSR count). The van der Waals surface area contributed by atoms with E-state index in [1.807, 2.05) is 0 Å². The summed E-state index contributed by atoms with van der Waals surface area (Å²) in [6.45, 7) is 20.8. The fourth-order valence-electron chi connectivity index (χ4n) is 11.5. The minimum absolute atomic E-state index is 0.0384. The summed E-state index contributed by atoms with van der Waals surface area (Å²) in [6.07, 6.45) is 8.15. The number of ether oxygens (including phenoxy) is 2. The Kier molecular flexibility index (Phi) is 8.97. The first kappa shape index (κ1) is 32.6. The second kappa shape index (κ2) is 11.6. The zero-order chi connectivity index (χ0) is 30.8. The third-order valence-corrected chi connectivity index (χ3v) is 13.9. The summed E-state index contributed by atoms with van der Waals surface area (Å²) < 4.78 is 12.5. The molecule has 4 saturated carbocycles. The molecule has 0 amide bonds. The summed E-state index contributed by atoms with van der Waals surface area (Å²) in [5.41, 5.74) is 2.94. The molecule has 240 valence electrons. The van der Waals surface area contributed by atoms with Gasteiger partial charge in [0.05, 0.1) is 24.9 Å². The highest BCUT2D eigenvalue weighted by Crippen LogP contribution is 2.75. The first-order valence-corrected chi connectivity index (χ1v) is 16.9. The van der Waals surface area contributed by atoms with E-state index in [9.17, 15) is 20.4 Å². The Morgan fingerprint density at radius 2 is 1.60 bits per heavy atom. The fraction of sp³-hybridized carbons (Fsp3) is 0.889. The van der Waals surface area contributed by atoms with E-state index >= 15 is 0 Å². The second-order valence-electron chi connectivity index (χ2n) is 16.5. The second-order valence-corrected chi connectivity index (χ2v) is 16.5. The number of fused-ring (bicyclic) bond motifs is 5. The summed E-state index contributed by atoms with van der Waals surface area (Å²) in [4.78, 5) is 0. The quantitative estimate of drug-likeness (QED) is 0.210. The lowest BCUT2D eigenvalue weighted by atomic mass is 9.35. The van der Waals surface area contributed by atoms with Crippen LogP contribution in [-0.4, -0.2) is 63.8 Å². The molecule has 0 aromatic carbocycles. The van der Waals surface area contributed by atoms with Crippen LogP contribution in [-0.2, 0) is 9.47 Å². The molecule has 6 heteroatoms. The van der Waals surface area contributed by atoms with Crippen molar-refractivity contribution in [2.24, 2.45) is 45.3 Å². The van der Waals surface area contributed by atoms with Crippen LogP contribution in [0.1, 0.15) is 113 Å². The third kappa shape index (κ3) is 5.08. The summed E-state index contributed by atoms with van der Waals surface area (Å²) in [5.74, 6) is 1.58. The van der Waals surface area contributed by atoms with Gasteiger partial charge in [-0.1, -0.05) is 58.4 Å². The van der Waals surface area contributed by atoms with E-state index in [2.05, 4.69) is 61.1 Å². The Bertz CT molecular complexity index is 1030. The predicted octanol–water partition coefficient (Wildman–Crippen LogP) is 6.16. The number of rotatable bonds is 7. The van der Waals surface area contributed by atoms with Crippen molar-refractivity contribution in [3.8, 4) is 0 Å². The molecule has 5 aliphatic rings. The Morgan fingerprint density at radius 1 is 0.905 bits per heavy atom. The van der Waals surface area contributed by atoms with E-state index in [-0.39, 0.29) is 52.8 Å². The zero-order valence-electron chi connectivity index (χ0n) is 27.4. The van der Waals surface area contributed by atoms with Crippen molar-refractivity contribution >= 4 is 0 Å². The van der Waals surface area contributed by atoms with Crippen LogP contribution in [0.3, 0.4) is 0 Å². The summed E-state index contributed by atoms with van der Waals surface area (Å²) >= 11 is 0. The molecule has 13 unspecified atom stereocenters. The monoisotopic (exact) mass is 588 g/mol. The van der Waals surface area contributed by atoms with Crippen molar-refractivity contribution < 1.29 is 29.9 Å². The Balaban J connectivity index is 1.35. The predicted molar refractivity (Wildman–Crippen MR) is 165 cm³/mol. The van der Waals surface area contributed by atoms with Crippen LogP contribution in [0.15, 0.2) is 23.8 Å². The molecule has 1 aliphatic heterocycles. The maximum Gasteiger partial charge on any atom is 0.161 e. The molecule has 13 atom stereocenters. The first-order chi connectivity index (χ1) is 19.6. The van der Waals surface area contributed by atoms with Crippen molar-refractivity contribution in [3.63, 3.8) is 0 Å². The number of aliphatic hydroxyl groups is 4. The van der Waals surface area contributed by atoms with Crippen molar-refractivity contribution in [2.45, 2.75) is 149 Å². The van der Waals surface area contributed by atoms with Gasteiger partial charge in [0.2, 0.25) is 0 Å². The van der Waals surface area contributed by atoms with E-state index in [1.165, 1.54) is 24.0 Å². The molecular formula is C36H60O6. The minimum Gasteiger partial charge on any atom is -0.394 e. The highest BCUT2D eigenvalue weighted by molar-refractivity contribution is 5.22. The van der Waals surface area contributed by atoms with Crippen molar-refractivity contribution in [1.82, 2.24) is 0 Å². The lowest BCUT2D eigenvalue weighted by Crippen LogP contribution is -2.66. The number of hydrogen-bond acceptors (Lipinski definition) is 6. The average molecular weight is 589 g/mol. The van der Waals surface area contributed by atoms with Gasteiger partial charge in [0, 0.05) is 6.42 Å². The van der Waals surface area contributed by atoms with Crippen molar-refractivity contribution in [2.75, 3.05) is 6.61 Å². The molecule has 0 aromatic heterocycles. The van der Waals surface area contributed by atoms with Gasteiger partial charge >= 0.3 is 0 Å². The van der Waals surface area contributed by atoms with Gasteiger partial charge < -0.3 is 29.9 Å². The Hall–Kier alpha value is -0.760. The summed E-state index contributed by atoms with van der Waals surface area (Å²) in [5, 5.41) is 42.2. The first-order valence-electron chi connectivity index (χ1n) is 16.9. The summed E-state index contributed by atoms with van der Waals surface area (Å²) in [6, 6.07) is 0. The fourth-order valence-corrected chi connectivity index (χ4v) is 11.5. The molecule has 1 saturated heterocycles. The largest absolute Gasteiger partial charge is 0.394 e. The standard InChI is InChI=1S/C36H60O6/c1-21(2)10-9-11-22(3)23-12-16-36(8)31(23)24(38)18-28-34(6)15-14-29(33(4,5)27(34)13-17-35(28,36)7)42-30-19-25(39)32(40)26(20-37)41-30/h10,23-32,37-40H,3,9,11-20H2,1-2,4-8H3. The highest BCUT2D eigenvalue weighted by atomic mass is 16.7. The smallest absolute Gasteiger partial charge is 0.161 e. The van der Waals surface area contributed by atoms with Gasteiger partial charge in [-0.05, 0) is 117 Å². The molecule has 0 aromatic rings. The Labute approximate surface area is 255 Å². The van der Waals surface area contributed by atoms with Gasteiger partial charge in [-0.25, -0.2) is 0 Å². The van der Waals surface area contributed by atoms with Gasteiger partial charge in [-0.15, -0.1) is 0 Å². The number of allylic oxidation sites excluding steroid dienone is 3. The lowest BCUT2D eigenvalue weighted by Gasteiger charge is -2.70. The van der Waals surface area contributed by atoms with Crippen LogP contribution in [0.5, 0.6) is 0 Å². The van der Waals surface area contributed by atoms with Gasteiger partial charge in [0.1, 0.15) is 12.2 Å². The molecule has 6 nitrogen and oxygen atoms in total. The molecule has 1 heterocycles. The highest BCUT2D eigenvalue weighted by Gasteiger charge is 2.70. The van der Waals surface area contributed by atoms with Crippen LogP contribution < -0.4 is 0 Å². The minimum atomic E-state index is -1.10. The molecule has 0 bridgehead atoms. The van der Waals surface area contributed by atoms with E-state index in [0.717, 1.165) is 44.9 Å². The summed E-state index contributed by atoms with van der Waals surface area (Å²) in [7, 11) is 0. The Morgan fingerprint density at radius 3 is 2.26 bits per heavy atom. The van der Waals surface area contributed by atoms with Gasteiger partial charge in [0.15, 0.2) is 6.29 Å². The van der Waals surface area contributed by atoms with E-state index in [4.69, 9.17) is 9.47 Å². The molecule has 4 N–H and O–H groups in total. The van der Waals surface area contributed by atoms with Gasteiger partial charge in [-0.2, -0.15) is 0 Å². The van der Waals surface area contributed by atoms with Crippen LogP contribution in [0.2, 0.25) is 0 Å². The van der Waals surface area contributed by atoms with E-state index in [1.54, 1.807) is 0 Å². The average Bonchev–Trinajstić information content (AvgIpc) is 3.29. The molecule has 4 aliphatic carbocycles.